The van der Waals surface area contributed by atoms with E-state index in [2.05, 4.69) is 39.2 Å². The highest BCUT2D eigenvalue weighted by Gasteiger charge is 2.21. The predicted molar refractivity (Wildman–Crippen MR) is 83.7 cm³/mol. The van der Waals surface area contributed by atoms with Crippen molar-refractivity contribution in [1.29, 1.82) is 0 Å². The summed E-state index contributed by atoms with van der Waals surface area (Å²) in [5.41, 5.74) is 4.16. The van der Waals surface area contributed by atoms with Crippen LogP contribution < -0.4 is 5.32 Å². The van der Waals surface area contributed by atoms with Crippen molar-refractivity contribution in [2.75, 3.05) is 0 Å². The van der Waals surface area contributed by atoms with Crippen LogP contribution in [0.2, 0.25) is 0 Å². The lowest BCUT2D eigenvalue weighted by Gasteiger charge is -2.22. The molecule has 19 heavy (non-hydrogen) atoms. The molecule has 1 heterocycles. The van der Waals surface area contributed by atoms with Gasteiger partial charge in [-0.3, -0.25) is 4.79 Å². The minimum Gasteiger partial charge on any atom is -0.326 e. The molecule has 1 aliphatic rings. The Morgan fingerprint density at radius 1 is 1.32 bits per heavy atom. The Kier molecular flexibility index (Phi) is 7.43. The van der Waals surface area contributed by atoms with Gasteiger partial charge in [-0.15, -0.1) is 6.58 Å². The summed E-state index contributed by atoms with van der Waals surface area (Å²) < 4.78 is 0. The Morgan fingerprint density at radius 2 is 1.84 bits per heavy atom. The first-order valence-corrected chi connectivity index (χ1v) is 6.98. The molecule has 0 aromatic rings. The van der Waals surface area contributed by atoms with Crippen molar-refractivity contribution in [3.05, 3.63) is 35.6 Å². The first-order chi connectivity index (χ1) is 8.65. The van der Waals surface area contributed by atoms with Gasteiger partial charge in [0.25, 0.3) is 5.91 Å². The molecular formula is C17H29NO. The summed E-state index contributed by atoms with van der Waals surface area (Å²) in [5.74, 6) is 1.11. The number of allylic oxidation sites excluding steroid dienone is 2. The zero-order valence-corrected chi connectivity index (χ0v) is 13.4. The Morgan fingerprint density at radius 3 is 2.11 bits per heavy atom. The lowest BCUT2D eigenvalue weighted by atomic mass is 9.92. The Bertz CT molecular complexity index is 386. The lowest BCUT2D eigenvalue weighted by molar-refractivity contribution is -0.117. The van der Waals surface area contributed by atoms with Crippen LogP contribution in [0.3, 0.4) is 0 Å². The van der Waals surface area contributed by atoms with Crippen molar-refractivity contribution in [3.8, 4) is 0 Å². The standard InChI is InChI=1S/C10H15NO.C7H14/c1-6(2)9-7(3)5-8(4)11-10(9)12;1-6(2)5-7(3)4/h6H,4-5H2,1-3H3,(H,11,12);7H,1,5H2,2-4H3. The third kappa shape index (κ3) is 7.00. The van der Waals surface area contributed by atoms with Crippen LogP contribution in [0.25, 0.3) is 0 Å². The van der Waals surface area contributed by atoms with Gasteiger partial charge < -0.3 is 5.32 Å². The highest BCUT2D eigenvalue weighted by molar-refractivity contribution is 5.96. The molecule has 2 heteroatoms. The van der Waals surface area contributed by atoms with Crippen LogP contribution in [0, 0.1) is 11.8 Å². The average Bonchev–Trinajstić information content (AvgIpc) is 2.12. The molecule has 0 fully saturated rings. The molecule has 2 nitrogen and oxygen atoms in total. The lowest BCUT2D eigenvalue weighted by Crippen LogP contribution is -2.31. The van der Waals surface area contributed by atoms with E-state index in [-0.39, 0.29) is 5.91 Å². The Balaban J connectivity index is 0.000000399. The number of hydrogen-bond acceptors (Lipinski definition) is 1. The Hall–Kier alpha value is -1.31. The monoisotopic (exact) mass is 263 g/mol. The second-order valence-corrected chi connectivity index (χ2v) is 6.14. The van der Waals surface area contributed by atoms with Crippen LogP contribution in [0.4, 0.5) is 0 Å². The summed E-state index contributed by atoms with van der Waals surface area (Å²) in [4.78, 5) is 11.4. The van der Waals surface area contributed by atoms with E-state index in [1.54, 1.807) is 0 Å². The molecule has 1 rings (SSSR count). The molecule has 0 atom stereocenters. The van der Waals surface area contributed by atoms with Crippen molar-refractivity contribution in [2.24, 2.45) is 11.8 Å². The largest absolute Gasteiger partial charge is 0.326 e. The molecular weight excluding hydrogens is 234 g/mol. The van der Waals surface area contributed by atoms with Crippen molar-refractivity contribution in [1.82, 2.24) is 5.32 Å². The molecule has 0 saturated carbocycles. The van der Waals surface area contributed by atoms with Crippen LogP contribution >= 0.6 is 0 Å². The topological polar surface area (TPSA) is 29.1 Å². The molecule has 0 aromatic carbocycles. The highest BCUT2D eigenvalue weighted by Crippen LogP contribution is 2.23. The molecule has 0 bridgehead atoms. The number of hydrogen-bond donors (Lipinski definition) is 1. The van der Waals surface area contributed by atoms with Crippen molar-refractivity contribution >= 4 is 5.91 Å². The molecule has 0 unspecified atom stereocenters. The third-order valence-corrected chi connectivity index (χ3v) is 2.81. The van der Waals surface area contributed by atoms with E-state index in [9.17, 15) is 4.79 Å². The van der Waals surface area contributed by atoms with E-state index in [4.69, 9.17) is 0 Å². The molecule has 0 aliphatic carbocycles. The zero-order valence-electron chi connectivity index (χ0n) is 13.4. The van der Waals surface area contributed by atoms with Crippen molar-refractivity contribution in [3.63, 3.8) is 0 Å². The van der Waals surface area contributed by atoms with Crippen molar-refractivity contribution in [2.45, 2.75) is 54.4 Å². The molecule has 1 N–H and O–H groups in total. The first kappa shape index (κ1) is 17.7. The van der Waals surface area contributed by atoms with Gasteiger partial charge in [-0.05, 0) is 32.1 Å². The average molecular weight is 263 g/mol. The second-order valence-electron chi connectivity index (χ2n) is 6.14. The van der Waals surface area contributed by atoms with Gasteiger partial charge in [-0.25, -0.2) is 0 Å². The van der Waals surface area contributed by atoms with E-state index < -0.39 is 0 Å². The van der Waals surface area contributed by atoms with E-state index in [0.29, 0.717) is 5.92 Å². The molecule has 1 amide bonds. The van der Waals surface area contributed by atoms with Crippen LogP contribution in [0.15, 0.2) is 35.6 Å². The van der Waals surface area contributed by atoms with Gasteiger partial charge in [0.05, 0.1) is 0 Å². The van der Waals surface area contributed by atoms with Gasteiger partial charge in [0.15, 0.2) is 0 Å². The smallest absolute Gasteiger partial charge is 0.251 e. The van der Waals surface area contributed by atoms with Gasteiger partial charge in [-0.1, -0.05) is 45.4 Å². The van der Waals surface area contributed by atoms with E-state index >= 15 is 0 Å². The molecule has 1 aliphatic heterocycles. The molecule has 0 radical (unpaired) electrons. The summed E-state index contributed by atoms with van der Waals surface area (Å²) >= 11 is 0. The maximum atomic E-state index is 11.4. The number of carbonyl (C=O) groups excluding carboxylic acids is 1. The minimum absolute atomic E-state index is 0.0266. The van der Waals surface area contributed by atoms with E-state index in [1.165, 1.54) is 12.0 Å². The third-order valence-electron chi connectivity index (χ3n) is 2.81. The van der Waals surface area contributed by atoms with E-state index in [1.807, 2.05) is 20.8 Å². The summed E-state index contributed by atoms with van der Waals surface area (Å²) in [7, 11) is 0. The number of nitrogens with one attached hydrogen (secondary N) is 1. The molecule has 108 valence electrons. The number of amides is 1. The summed E-state index contributed by atoms with van der Waals surface area (Å²) in [6.07, 6.45) is 1.97. The van der Waals surface area contributed by atoms with Gasteiger partial charge in [-0.2, -0.15) is 0 Å². The number of rotatable bonds is 3. The zero-order chi connectivity index (χ0) is 15.2. The SMILES string of the molecule is C=C(C)CC(C)C.C=C1CC(C)=C(C(C)C)C(=O)N1. The molecule has 0 saturated heterocycles. The fourth-order valence-electron chi connectivity index (χ4n) is 2.33. The van der Waals surface area contributed by atoms with Gasteiger partial charge in [0.2, 0.25) is 0 Å². The molecule has 0 spiro atoms. The van der Waals surface area contributed by atoms with Crippen LogP contribution in [0.5, 0.6) is 0 Å². The minimum atomic E-state index is 0.0266. The molecule has 0 aromatic heterocycles. The maximum absolute atomic E-state index is 11.4. The van der Waals surface area contributed by atoms with Crippen LogP contribution in [0.1, 0.15) is 54.4 Å². The first-order valence-electron chi connectivity index (χ1n) is 6.98. The van der Waals surface area contributed by atoms with Gasteiger partial charge in [0.1, 0.15) is 0 Å². The second kappa shape index (κ2) is 7.98. The van der Waals surface area contributed by atoms with Crippen LogP contribution in [-0.4, -0.2) is 5.91 Å². The summed E-state index contributed by atoms with van der Waals surface area (Å²) in [5, 5.41) is 2.75. The quantitative estimate of drug-likeness (QED) is 0.741. The summed E-state index contributed by atoms with van der Waals surface area (Å²) in [6, 6.07) is 0. The van der Waals surface area contributed by atoms with Gasteiger partial charge >= 0.3 is 0 Å². The normalized spacial score (nSPS) is 15.4. The summed E-state index contributed by atoms with van der Waals surface area (Å²) in [6.45, 7) is 20.1. The fraction of sp³-hybridized carbons (Fsp3) is 0.588. The highest BCUT2D eigenvalue weighted by atomic mass is 16.1. The van der Waals surface area contributed by atoms with Crippen LogP contribution in [-0.2, 0) is 4.79 Å². The maximum Gasteiger partial charge on any atom is 0.251 e. The van der Waals surface area contributed by atoms with E-state index in [0.717, 1.165) is 29.2 Å². The van der Waals surface area contributed by atoms with Gasteiger partial charge in [0, 0.05) is 17.7 Å². The Labute approximate surface area is 118 Å². The predicted octanol–water partition coefficient (Wildman–Crippen LogP) is 4.60. The number of carbonyl (C=O) groups is 1. The van der Waals surface area contributed by atoms with Crippen molar-refractivity contribution < 1.29 is 4.79 Å². The fourth-order valence-corrected chi connectivity index (χ4v) is 2.33.